The Balaban J connectivity index is 4.21. The average molecular weight is 230 g/mol. The summed E-state index contributed by atoms with van der Waals surface area (Å²) in [6.07, 6.45) is 2.42. The van der Waals surface area contributed by atoms with E-state index >= 15 is 0 Å². The zero-order valence-electron chi connectivity index (χ0n) is 11.2. The molecular formula is C12H26N2O2. The summed E-state index contributed by atoms with van der Waals surface area (Å²) < 4.78 is 4.94. The minimum Gasteiger partial charge on any atom is -0.385 e. The van der Waals surface area contributed by atoms with Crippen LogP contribution in [0.5, 0.6) is 0 Å². The normalized spacial score (nSPS) is 13.6. The molecule has 16 heavy (non-hydrogen) atoms. The molecule has 96 valence electrons. The van der Waals surface area contributed by atoms with Gasteiger partial charge in [-0.15, -0.1) is 0 Å². The smallest absolute Gasteiger partial charge is 0.239 e. The van der Waals surface area contributed by atoms with Crippen LogP contribution in [0.1, 0.15) is 40.0 Å². The molecule has 0 saturated carbocycles. The third-order valence-electron chi connectivity index (χ3n) is 3.28. The second kappa shape index (κ2) is 6.86. The van der Waals surface area contributed by atoms with E-state index in [4.69, 9.17) is 10.5 Å². The van der Waals surface area contributed by atoms with Crippen LogP contribution in [0.15, 0.2) is 0 Å². The fourth-order valence-electron chi connectivity index (χ4n) is 1.36. The van der Waals surface area contributed by atoms with Crippen LogP contribution in [-0.2, 0) is 9.53 Å². The summed E-state index contributed by atoms with van der Waals surface area (Å²) in [6, 6.07) is -0.411. The lowest BCUT2D eigenvalue weighted by Gasteiger charge is -2.36. The molecule has 4 nitrogen and oxygen atoms in total. The van der Waals surface area contributed by atoms with Gasteiger partial charge in [-0.3, -0.25) is 4.79 Å². The average Bonchev–Trinajstić information content (AvgIpc) is 2.27. The van der Waals surface area contributed by atoms with Gasteiger partial charge in [0.25, 0.3) is 0 Å². The van der Waals surface area contributed by atoms with E-state index in [2.05, 4.69) is 6.92 Å². The van der Waals surface area contributed by atoms with E-state index in [-0.39, 0.29) is 11.4 Å². The summed E-state index contributed by atoms with van der Waals surface area (Å²) in [5.74, 6) is 0.0166. The van der Waals surface area contributed by atoms with Crippen LogP contribution in [0, 0.1) is 0 Å². The van der Waals surface area contributed by atoms with Crippen molar-refractivity contribution >= 4 is 5.91 Å². The summed E-state index contributed by atoms with van der Waals surface area (Å²) >= 11 is 0. The predicted molar refractivity (Wildman–Crippen MR) is 66.2 cm³/mol. The molecule has 0 heterocycles. The van der Waals surface area contributed by atoms with E-state index < -0.39 is 6.04 Å². The van der Waals surface area contributed by atoms with Crippen molar-refractivity contribution in [2.24, 2.45) is 5.73 Å². The van der Waals surface area contributed by atoms with Crippen molar-refractivity contribution in [1.82, 2.24) is 4.90 Å². The van der Waals surface area contributed by atoms with Crippen LogP contribution in [0.2, 0.25) is 0 Å². The lowest BCUT2D eigenvalue weighted by molar-refractivity contribution is -0.136. The van der Waals surface area contributed by atoms with Crippen LogP contribution in [-0.4, -0.2) is 43.2 Å². The zero-order valence-corrected chi connectivity index (χ0v) is 11.2. The quantitative estimate of drug-likeness (QED) is 0.672. The van der Waals surface area contributed by atoms with Crippen LogP contribution in [0.3, 0.4) is 0 Å². The monoisotopic (exact) mass is 230 g/mol. The van der Waals surface area contributed by atoms with Crippen LogP contribution < -0.4 is 5.73 Å². The maximum absolute atomic E-state index is 12.0. The van der Waals surface area contributed by atoms with Gasteiger partial charge in [-0.05, 0) is 33.1 Å². The van der Waals surface area contributed by atoms with Gasteiger partial charge >= 0.3 is 0 Å². The highest BCUT2D eigenvalue weighted by atomic mass is 16.5. The maximum atomic E-state index is 12.0. The van der Waals surface area contributed by atoms with Crippen LogP contribution >= 0.6 is 0 Å². The molecule has 0 aromatic carbocycles. The molecule has 0 spiro atoms. The van der Waals surface area contributed by atoms with Crippen LogP contribution in [0.4, 0.5) is 0 Å². The van der Waals surface area contributed by atoms with Gasteiger partial charge in [0, 0.05) is 26.3 Å². The Morgan fingerprint density at radius 3 is 2.50 bits per heavy atom. The van der Waals surface area contributed by atoms with E-state index in [9.17, 15) is 4.79 Å². The minimum absolute atomic E-state index is 0.0166. The molecular weight excluding hydrogens is 204 g/mol. The highest BCUT2D eigenvalue weighted by molar-refractivity contribution is 5.82. The second-order valence-corrected chi connectivity index (χ2v) is 4.80. The van der Waals surface area contributed by atoms with Crippen molar-refractivity contribution in [3.8, 4) is 0 Å². The van der Waals surface area contributed by atoms with E-state index in [1.54, 1.807) is 12.0 Å². The van der Waals surface area contributed by atoms with Crippen molar-refractivity contribution in [3.05, 3.63) is 0 Å². The lowest BCUT2D eigenvalue weighted by Crippen LogP contribution is -2.51. The molecule has 2 N–H and O–H groups in total. The SMILES string of the molecule is CCC(C)(C)N(C)C(=O)C(N)CCCOC. The first kappa shape index (κ1) is 15.4. The summed E-state index contributed by atoms with van der Waals surface area (Å²) in [4.78, 5) is 13.8. The number of rotatable bonds is 7. The number of hydrogen-bond donors (Lipinski definition) is 1. The second-order valence-electron chi connectivity index (χ2n) is 4.80. The molecule has 0 aromatic rings. The van der Waals surface area contributed by atoms with Gasteiger partial charge in [0.1, 0.15) is 0 Å². The topological polar surface area (TPSA) is 55.6 Å². The minimum atomic E-state index is -0.411. The number of nitrogens with zero attached hydrogens (tertiary/aromatic N) is 1. The molecule has 1 atom stereocenters. The Morgan fingerprint density at radius 1 is 1.50 bits per heavy atom. The molecule has 4 heteroatoms. The molecule has 0 rings (SSSR count). The zero-order chi connectivity index (χ0) is 12.8. The summed E-state index contributed by atoms with van der Waals surface area (Å²) in [7, 11) is 3.47. The maximum Gasteiger partial charge on any atom is 0.239 e. The largest absolute Gasteiger partial charge is 0.385 e. The first-order valence-corrected chi connectivity index (χ1v) is 5.89. The van der Waals surface area contributed by atoms with Gasteiger partial charge in [-0.25, -0.2) is 0 Å². The number of methoxy groups -OCH3 is 1. The number of hydrogen-bond acceptors (Lipinski definition) is 3. The van der Waals surface area contributed by atoms with Crippen LogP contribution in [0.25, 0.3) is 0 Å². The first-order valence-electron chi connectivity index (χ1n) is 5.89. The van der Waals surface area contributed by atoms with Crippen molar-refractivity contribution in [2.75, 3.05) is 20.8 Å². The molecule has 0 radical (unpaired) electrons. The third-order valence-corrected chi connectivity index (χ3v) is 3.28. The Bertz CT molecular complexity index is 217. The molecule has 0 saturated heterocycles. The van der Waals surface area contributed by atoms with Gasteiger partial charge in [0.2, 0.25) is 5.91 Å². The molecule has 1 amide bonds. The molecule has 0 aliphatic heterocycles. The number of amides is 1. The third kappa shape index (κ3) is 4.49. The standard InChI is InChI=1S/C12H26N2O2/c1-6-12(2,3)14(4)11(15)10(13)8-7-9-16-5/h10H,6-9,13H2,1-5H3. The van der Waals surface area contributed by atoms with Crippen molar-refractivity contribution in [3.63, 3.8) is 0 Å². The fraction of sp³-hybridized carbons (Fsp3) is 0.917. The van der Waals surface area contributed by atoms with E-state index in [0.717, 1.165) is 12.8 Å². The van der Waals surface area contributed by atoms with Gasteiger partial charge in [0.05, 0.1) is 6.04 Å². The van der Waals surface area contributed by atoms with Crippen molar-refractivity contribution < 1.29 is 9.53 Å². The summed E-state index contributed by atoms with van der Waals surface area (Å²) in [5, 5.41) is 0. The molecule has 0 aliphatic carbocycles. The van der Waals surface area contributed by atoms with E-state index in [0.29, 0.717) is 13.0 Å². The Hall–Kier alpha value is -0.610. The number of carbonyl (C=O) groups is 1. The van der Waals surface area contributed by atoms with Crippen molar-refractivity contribution in [1.29, 1.82) is 0 Å². The molecule has 0 aliphatic rings. The Morgan fingerprint density at radius 2 is 2.06 bits per heavy atom. The number of carbonyl (C=O) groups excluding carboxylic acids is 1. The molecule has 0 bridgehead atoms. The Kier molecular flexibility index (Phi) is 6.60. The highest BCUT2D eigenvalue weighted by Gasteiger charge is 2.28. The lowest BCUT2D eigenvalue weighted by atomic mass is 9.98. The van der Waals surface area contributed by atoms with Gasteiger partial charge in [-0.1, -0.05) is 6.92 Å². The summed E-state index contributed by atoms with van der Waals surface area (Å²) in [5.41, 5.74) is 5.73. The fourth-order valence-corrected chi connectivity index (χ4v) is 1.36. The Labute approximate surface area is 99.1 Å². The predicted octanol–water partition coefficient (Wildman–Crippen LogP) is 1.39. The molecule has 0 fully saturated rings. The van der Waals surface area contributed by atoms with Gasteiger partial charge in [0.15, 0.2) is 0 Å². The summed E-state index contributed by atoms with van der Waals surface area (Å²) in [6.45, 7) is 6.82. The van der Waals surface area contributed by atoms with Gasteiger partial charge < -0.3 is 15.4 Å². The first-order chi connectivity index (χ1) is 7.36. The highest BCUT2D eigenvalue weighted by Crippen LogP contribution is 2.17. The number of likely N-dealkylation sites (N-methyl/N-ethyl adjacent to an activating group) is 1. The van der Waals surface area contributed by atoms with Crippen molar-refractivity contribution in [2.45, 2.75) is 51.6 Å². The number of nitrogens with two attached hydrogens (primary N) is 1. The van der Waals surface area contributed by atoms with E-state index in [1.165, 1.54) is 0 Å². The molecule has 0 aromatic heterocycles. The van der Waals surface area contributed by atoms with E-state index in [1.807, 2.05) is 20.9 Å². The van der Waals surface area contributed by atoms with Gasteiger partial charge in [-0.2, -0.15) is 0 Å². The molecule has 1 unspecified atom stereocenters. The number of ether oxygens (including phenoxy) is 1.